The van der Waals surface area contributed by atoms with Crippen molar-refractivity contribution >= 4 is 10.0 Å². The number of piperidine rings is 1. The highest BCUT2D eigenvalue weighted by Gasteiger charge is 2.43. The number of hydrogen-bond acceptors (Lipinski definition) is 3. The van der Waals surface area contributed by atoms with Crippen molar-refractivity contribution in [3.05, 3.63) is 29.8 Å². The molecule has 2 atom stereocenters. The van der Waals surface area contributed by atoms with Gasteiger partial charge in [0, 0.05) is 19.1 Å². The van der Waals surface area contributed by atoms with E-state index in [0.29, 0.717) is 24.4 Å². The minimum atomic E-state index is -4.10. The molecule has 2 aliphatic rings. The van der Waals surface area contributed by atoms with Crippen LogP contribution in [0.4, 0.5) is 13.2 Å². The van der Waals surface area contributed by atoms with E-state index in [2.05, 4.69) is 4.90 Å². The Balaban J connectivity index is 1.61. The van der Waals surface area contributed by atoms with E-state index >= 15 is 0 Å². The van der Waals surface area contributed by atoms with Gasteiger partial charge in [0.1, 0.15) is 0 Å². The fourth-order valence-electron chi connectivity index (χ4n) is 4.33. The van der Waals surface area contributed by atoms with Gasteiger partial charge in [0.05, 0.1) is 10.8 Å². The smallest absolute Gasteiger partial charge is 0.300 e. The lowest BCUT2D eigenvalue weighted by Crippen LogP contribution is -2.44. The first-order valence-corrected chi connectivity index (χ1v) is 10.9. The number of hydrogen-bond donors (Lipinski definition) is 0. The minimum Gasteiger partial charge on any atom is -0.300 e. The van der Waals surface area contributed by atoms with Crippen molar-refractivity contribution in [1.82, 2.24) is 9.21 Å². The Morgan fingerprint density at radius 3 is 2.37 bits per heavy atom. The highest BCUT2D eigenvalue weighted by molar-refractivity contribution is 7.89. The number of benzene rings is 1. The third kappa shape index (κ3) is 4.49. The molecule has 0 N–H and O–H groups in total. The number of alkyl halides is 3. The monoisotopic (exact) mass is 404 g/mol. The molecule has 1 heterocycles. The maximum atomic E-state index is 12.9. The second-order valence-corrected chi connectivity index (χ2v) is 9.81. The standard InChI is InChI=1S/C19H27F3N2O2S/c1-14-4-3-5-18(12-14)27(25,26)23(2)16-6-7-17(13-16)24-10-8-15(9-11-24)19(20,21)22/h3-5,12,15-17H,6-11,13H2,1-2H3/t16-,17+/m1/s1. The van der Waals surface area contributed by atoms with E-state index < -0.39 is 22.1 Å². The first-order valence-electron chi connectivity index (χ1n) is 9.44. The molecule has 27 heavy (non-hydrogen) atoms. The highest BCUT2D eigenvalue weighted by Crippen LogP contribution is 2.37. The Kier molecular flexibility index (Phi) is 5.89. The maximum Gasteiger partial charge on any atom is 0.391 e. The van der Waals surface area contributed by atoms with Gasteiger partial charge in [0.25, 0.3) is 0 Å². The summed E-state index contributed by atoms with van der Waals surface area (Å²) in [6, 6.07) is 6.92. The Morgan fingerprint density at radius 1 is 1.11 bits per heavy atom. The molecule has 1 saturated heterocycles. The number of aryl methyl sites for hydroxylation is 1. The molecule has 0 radical (unpaired) electrons. The van der Waals surface area contributed by atoms with Gasteiger partial charge in [-0.25, -0.2) is 8.42 Å². The predicted molar refractivity (Wildman–Crippen MR) is 97.9 cm³/mol. The number of halogens is 3. The first kappa shape index (κ1) is 20.6. The Morgan fingerprint density at radius 2 is 1.78 bits per heavy atom. The van der Waals surface area contributed by atoms with E-state index in [0.717, 1.165) is 18.4 Å². The van der Waals surface area contributed by atoms with Crippen LogP contribution in [0, 0.1) is 12.8 Å². The van der Waals surface area contributed by atoms with E-state index in [-0.39, 0.29) is 24.9 Å². The first-order chi connectivity index (χ1) is 12.6. The molecule has 1 saturated carbocycles. The summed E-state index contributed by atoms with van der Waals surface area (Å²) >= 11 is 0. The number of rotatable bonds is 4. The average molecular weight is 404 g/mol. The van der Waals surface area contributed by atoms with Crippen LogP contribution in [0.25, 0.3) is 0 Å². The van der Waals surface area contributed by atoms with Crippen LogP contribution in [0.1, 0.15) is 37.7 Å². The van der Waals surface area contributed by atoms with Crippen LogP contribution in [0.5, 0.6) is 0 Å². The SMILES string of the molecule is Cc1cccc(S(=O)(=O)N(C)[C@@H]2CC[C@H](N3CCC(C(F)(F)F)CC3)C2)c1. The molecule has 0 aromatic heterocycles. The zero-order valence-corrected chi connectivity index (χ0v) is 16.6. The van der Waals surface area contributed by atoms with Crippen molar-refractivity contribution in [2.24, 2.45) is 5.92 Å². The van der Waals surface area contributed by atoms with Gasteiger partial charge in [0.2, 0.25) is 10.0 Å². The van der Waals surface area contributed by atoms with E-state index in [1.165, 1.54) is 4.31 Å². The molecule has 1 aromatic rings. The molecule has 1 aromatic carbocycles. The van der Waals surface area contributed by atoms with Crippen LogP contribution >= 0.6 is 0 Å². The number of likely N-dealkylation sites (tertiary alicyclic amines) is 1. The molecule has 152 valence electrons. The van der Waals surface area contributed by atoms with Gasteiger partial charge in [-0.2, -0.15) is 17.5 Å². The second-order valence-electron chi connectivity index (χ2n) is 7.81. The predicted octanol–water partition coefficient (Wildman–Crippen LogP) is 3.81. The molecular weight excluding hydrogens is 377 g/mol. The van der Waals surface area contributed by atoms with Crippen molar-refractivity contribution in [2.75, 3.05) is 20.1 Å². The molecule has 0 spiro atoms. The van der Waals surface area contributed by atoms with E-state index in [1.54, 1.807) is 25.2 Å². The molecule has 0 unspecified atom stereocenters. The average Bonchev–Trinajstić information content (AvgIpc) is 3.10. The van der Waals surface area contributed by atoms with Gasteiger partial charge in [-0.05, 0) is 69.8 Å². The van der Waals surface area contributed by atoms with Crippen molar-refractivity contribution in [3.8, 4) is 0 Å². The summed E-state index contributed by atoms with van der Waals surface area (Å²) in [6.07, 6.45) is -1.57. The van der Waals surface area contributed by atoms with Gasteiger partial charge >= 0.3 is 6.18 Å². The van der Waals surface area contributed by atoms with E-state index in [9.17, 15) is 21.6 Å². The fourth-order valence-corrected chi connectivity index (χ4v) is 5.83. The van der Waals surface area contributed by atoms with Gasteiger partial charge in [0.15, 0.2) is 0 Å². The molecule has 2 fully saturated rings. The van der Waals surface area contributed by atoms with E-state index in [4.69, 9.17) is 0 Å². The van der Waals surface area contributed by atoms with Crippen molar-refractivity contribution in [1.29, 1.82) is 0 Å². The Labute approximate surface area is 159 Å². The van der Waals surface area contributed by atoms with Crippen molar-refractivity contribution in [2.45, 2.75) is 62.2 Å². The summed E-state index contributed by atoms with van der Waals surface area (Å²) in [7, 11) is -1.95. The Bertz CT molecular complexity index is 758. The van der Waals surface area contributed by atoms with Crippen molar-refractivity contribution < 1.29 is 21.6 Å². The maximum absolute atomic E-state index is 12.9. The van der Waals surface area contributed by atoms with Crippen LogP contribution in [0.15, 0.2) is 29.2 Å². The van der Waals surface area contributed by atoms with Gasteiger partial charge in [-0.15, -0.1) is 0 Å². The topological polar surface area (TPSA) is 40.6 Å². The number of sulfonamides is 1. The normalized spacial score (nSPS) is 26.0. The zero-order chi connectivity index (χ0) is 19.8. The highest BCUT2D eigenvalue weighted by atomic mass is 32.2. The van der Waals surface area contributed by atoms with Crippen LogP contribution in [-0.4, -0.2) is 56.0 Å². The van der Waals surface area contributed by atoms with Crippen LogP contribution in [-0.2, 0) is 10.0 Å². The fraction of sp³-hybridized carbons (Fsp3) is 0.684. The third-order valence-corrected chi connectivity index (χ3v) is 7.97. The van der Waals surface area contributed by atoms with E-state index in [1.807, 2.05) is 13.0 Å². The summed E-state index contributed by atoms with van der Waals surface area (Å²) in [5, 5.41) is 0. The lowest BCUT2D eigenvalue weighted by Gasteiger charge is -2.37. The zero-order valence-electron chi connectivity index (χ0n) is 15.7. The summed E-state index contributed by atoms with van der Waals surface area (Å²) in [6.45, 7) is 2.74. The molecule has 4 nitrogen and oxygen atoms in total. The minimum absolute atomic E-state index is 0.110. The quantitative estimate of drug-likeness (QED) is 0.766. The molecule has 3 rings (SSSR count). The second kappa shape index (κ2) is 7.72. The Hall–Kier alpha value is -1.12. The molecule has 1 aliphatic heterocycles. The summed E-state index contributed by atoms with van der Waals surface area (Å²) in [5.41, 5.74) is 0.890. The summed E-state index contributed by atoms with van der Waals surface area (Å²) < 4.78 is 65.8. The lowest BCUT2D eigenvalue weighted by molar-refractivity contribution is -0.186. The molecule has 0 amide bonds. The van der Waals surface area contributed by atoms with Crippen LogP contribution in [0.2, 0.25) is 0 Å². The number of nitrogens with zero attached hydrogens (tertiary/aromatic N) is 2. The third-order valence-electron chi connectivity index (χ3n) is 6.07. The van der Waals surface area contributed by atoms with Gasteiger partial charge in [-0.1, -0.05) is 12.1 Å². The van der Waals surface area contributed by atoms with Gasteiger partial charge < -0.3 is 4.90 Å². The van der Waals surface area contributed by atoms with Crippen LogP contribution in [0.3, 0.4) is 0 Å². The molecule has 1 aliphatic carbocycles. The molecular formula is C19H27F3N2O2S. The summed E-state index contributed by atoms with van der Waals surface area (Å²) in [4.78, 5) is 2.41. The summed E-state index contributed by atoms with van der Waals surface area (Å²) in [5.74, 6) is -1.20. The molecule has 0 bridgehead atoms. The lowest BCUT2D eigenvalue weighted by atomic mass is 9.95. The van der Waals surface area contributed by atoms with Crippen LogP contribution < -0.4 is 0 Å². The van der Waals surface area contributed by atoms with Gasteiger partial charge in [-0.3, -0.25) is 0 Å². The molecule has 8 heteroatoms. The largest absolute Gasteiger partial charge is 0.391 e. The van der Waals surface area contributed by atoms with Crippen molar-refractivity contribution in [3.63, 3.8) is 0 Å².